The van der Waals surface area contributed by atoms with Crippen molar-refractivity contribution in [2.75, 3.05) is 0 Å². The zero-order valence-electron chi connectivity index (χ0n) is 14.8. The van der Waals surface area contributed by atoms with Crippen LogP contribution >= 0.6 is 23.2 Å². The Kier molecular flexibility index (Phi) is 4.61. The van der Waals surface area contributed by atoms with Crippen molar-refractivity contribution in [2.45, 2.75) is 32.9 Å². The molecule has 0 unspecified atom stereocenters. The Hall–Kier alpha value is -2.44. The summed E-state index contributed by atoms with van der Waals surface area (Å²) in [5.41, 5.74) is 3.98. The van der Waals surface area contributed by atoms with E-state index in [1.165, 1.54) is 0 Å². The molecule has 4 rings (SSSR count). The molecular formula is C19H17Cl2N5O. The summed E-state index contributed by atoms with van der Waals surface area (Å²) in [5.74, 6) is 0.501. The largest absolute Gasteiger partial charge is 0.330 e. The maximum atomic E-state index is 13.1. The van der Waals surface area contributed by atoms with Gasteiger partial charge in [-0.2, -0.15) is 5.10 Å². The van der Waals surface area contributed by atoms with Crippen LogP contribution in [-0.2, 0) is 13.0 Å². The van der Waals surface area contributed by atoms with Crippen LogP contribution in [0.5, 0.6) is 0 Å². The number of aromatic nitrogens is 4. The molecule has 0 radical (unpaired) electrons. The number of H-pyrrole nitrogens is 1. The summed E-state index contributed by atoms with van der Waals surface area (Å²) in [6.07, 6.45) is 2.34. The zero-order chi connectivity index (χ0) is 19.1. The summed E-state index contributed by atoms with van der Waals surface area (Å²) in [4.78, 5) is 24.1. The number of amides is 1. The van der Waals surface area contributed by atoms with Crippen molar-refractivity contribution in [2.24, 2.45) is 0 Å². The fraction of sp³-hybridized carbons (Fsp3) is 0.263. The lowest BCUT2D eigenvalue weighted by molar-refractivity contribution is 0.0654. The van der Waals surface area contributed by atoms with Gasteiger partial charge in [0.15, 0.2) is 0 Å². The van der Waals surface area contributed by atoms with Crippen LogP contribution in [0.1, 0.15) is 34.4 Å². The number of aryl methyl sites for hydroxylation is 1. The van der Waals surface area contributed by atoms with E-state index in [1.807, 2.05) is 19.9 Å². The quantitative estimate of drug-likeness (QED) is 0.701. The number of fused-ring (bicyclic) bond motifs is 1. The van der Waals surface area contributed by atoms with Crippen molar-refractivity contribution in [3.05, 3.63) is 63.2 Å². The van der Waals surface area contributed by atoms with Gasteiger partial charge in [0, 0.05) is 17.8 Å². The molecule has 3 heterocycles. The number of carbonyl (C=O) groups excluding carboxylic acids is 1. The lowest BCUT2D eigenvalue weighted by Crippen LogP contribution is -2.43. The summed E-state index contributed by atoms with van der Waals surface area (Å²) in [5, 5.41) is 7.63. The third-order valence-corrected chi connectivity index (χ3v) is 5.57. The Labute approximate surface area is 166 Å². The van der Waals surface area contributed by atoms with Crippen LogP contribution in [0.4, 0.5) is 0 Å². The van der Waals surface area contributed by atoms with Crippen molar-refractivity contribution in [3.8, 4) is 11.4 Å². The van der Waals surface area contributed by atoms with Crippen molar-refractivity contribution in [3.63, 3.8) is 0 Å². The van der Waals surface area contributed by atoms with Crippen LogP contribution in [0.2, 0.25) is 10.0 Å². The highest BCUT2D eigenvalue weighted by Crippen LogP contribution is 2.32. The smallest absolute Gasteiger partial charge is 0.256 e. The number of carbonyl (C=O) groups is 1. The molecule has 0 saturated carbocycles. The van der Waals surface area contributed by atoms with Crippen LogP contribution in [-0.4, -0.2) is 37.0 Å². The number of hydrogen-bond acceptors (Lipinski definition) is 4. The number of benzene rings is 1. The summed E-state index contributed by atoms with van der Waals surface area (Å²) < 4.78 is 0. The van der Waals surface area contributed by atoms with Gasteiger partial charge in [-0.05, 0) is 38.5 Å². The van der Waals surface area contributed by atoms with Gasteiger partial charge in [0.1, 0.15) is 5.82 Å². The first-order chi connectivity index (χ1) is 13.0. The van der Waals surface area contributed by atoms with Gasteiger partial charge in [0.25, 0.3) is 5.91 Å². The van der Waals surface area contributed by atoms with E-state index in [2.05, 4.69) is 20.2 Å². The minimum absolute atomic E-state index is 0.0342. The summed E-state index contributed by atoms with van der Waals surface area (Å²) in [6.45, 7) is 4.25. The Morgan fingerprint density at radius 2 is 2.07 bits per heavy atom. The second-order valence-electron chi connectivity index (χ2n) is 6.60. The monoisotopic (exact) mass is 401 g/mol. The number of halogens is 2. The minimum Gasteiger partial charge on any atom is -0.330 e. The Balaban J connectivity index is 1.73. The highest BCUT2D eigenvalue weighted by Gasteiger charge is 2.32. The molecule has 0 saturated heterocycles. The number of aromatic amines is 1. The molecule has 138 valence electrons. The second kappa shape index (κ2) is 6.94. The van der Waals surface area contributed by atoms with Gasteiger partial charge in [-0.3, -0.25) is 9.89 Å². The lowest BCUT2D eigenvalue weighted by Gasteiger charge is -2.35. The fourth-order valence-corrected chi connectivity index (χ4v) is 3.81. The molecule has 1 aromatic carbocycles. The molecule has 3 aromatic rings. The lowest BCUT2D eigenvalue weighted by atomic mass is 9.95. The predicted octanol–water partition coefficient (Wildman–Crippen LogP) is 4.07. The van der Waals surface area contributed by atoms with E-state index in [0.29, 0.717) is 29.4 Å². The van der Waals surface area contributed by atoms with E-state index in [-0.39, 0.29) is 17.0 Å². The molecule has 0 spiro atoms. The van der Waals surface area contributed by atoms with Crippen LogP contribution in [0.3, 0.4) is 0 Å². The van der Waals surface area contributed by atoms with Crippen molar-refractivity contribution < 1.29 is 4.79 Å². The summed E-state index contributed by atoms with van der Waals surface area (Å²) in [7, 11) is 0. The molecule has 0 bridgehead atoms. The van der Waals surface area contributed by atoms with Gasteiger partial charge in [-0.25, -0.2) is 9.97 Å². The SMILES string of the molecule is Cc1nc2c(c(-c3ccn[nH]3)n1)C[C@H](C)N(C(=O)c1cccc(Cl)c1Cl)C2. The standard InChI is InChI=1S/C19H17Cl2N5O/c1-10-8-13-16(23-11(2)24-18(13)15-6-7-22-25-15)9-26(10)19(27)12-4-3-5-14(20)17(12)21/h3-7,10H,8-9H2,1-2H3,(H,22,25)/t10-/m0/s1. The van der Waals surface area contributed by atoms with E-state index in [9.17, 15) is 4.79 Å². The molecule has 2 aromatic heterocycles. The molecule has 8 heteroatoms. The average Bonchev–Trinajstić information content (AvgIpc) is 3.17. The molecule has 27 heavy (non-hydrogen) atoms. The highest BCUT2D eigenvalue weighted by atomic mass is 35.5. The topological polar surface area (TPSA) is 74.8 Å². The normalized spacial score (nSPS) is 16.3. The highest BCUT2D eigenvalue weighted by molar-refractivity contribution is 6.43. The minimum atomic E-state index is -0.153. The first-order valence-corrected chi connectivity index (χ1v) is 9.32. The van der Waals surface area contributed by atoms with Crippen molar-refractivity contribution in [1.82, 2.24) is 25.1 Å². The van der Waals surface area contributed by atoms with Crippen molar-refractivity contribution >= 4 is 29.1 Å². The Morgan fingerprint density at radius 3 is 2.81 bits per heavy atom. The van der Waals surface area contributed by atoms with Gasteiger partial charge >= 0.3 is 0 Å². The first-order valence-electron chi connectivity index (χ1n) is 8.57. The van der Waals surface area contributed by atoms with E-state index in [4.69, 9.17) is 23.2 Å². The van der Waals surface area contributed by atoms with Gasteiger partial charge in [-0.15, -0.1) is 0 Å². The Morgan fingerprint density at radius 1 is 1.26 bits per heavy atom. The zero-order valence-corrected chi connectivity index (χ0v) is 16.3. The molecule has 0 aliphatic carbocycles. The molecular weight excluding hydrogens is 385 g/mol. The first kappa shape index (κ1) is 17.9. The van der Waals surface area contributed by atoms with Gasteiger partial charge in [0.2, 0.25) is 0 Å². The van der Waals surface area contributed by atoms with Crippen LogP contribution in [0, 0.1) is 6.92 Å². The maximum Gasteiger partial charge on any atom is 0.256 e. The van der Waals surface area contributed by atoms with E-state index in [1.54, 1.807) is 29.3 Å². The van der Waals surface area contributed by atoms with E-state index >= 15 is 0 Å². The molecule has 6 nitrogen and oxygen atoms in total. The molecule has 1 aliphatic heterocycles. The molecule has 1 amide bonds. The van der Waals surface area contributed by atoms with E-state index < -0.39 is 0 Å². The number of nitrogens with one attached hydrogen (secondary N) is 1. The number of nitrogens with zero attached hydrogens (tertiary/aromatic N) is 4. The third kappa shape index (κ3) is 3.19. The van der Waals surface area contributed by atoms with Crippen LogP contribution < -0.4 is 0 Å². The number of rotatable bonds is 2. The predicted molar refractivity (Wildman–Crippen MR) is 104 cm³/mol. The van der Waals surface area contributed by atoms with Crippen molar-refractivity contribution in [1.29, 1.82) is 0 Å². The maximum absolute atomic E-state index is 13.1. The average molecular weight is 402 g/mol. The molecule has 1 aliphatic rings. The fourth-order valence-electron chi connectivity index (χ4n) is 3.43. The number of hydrogen-bond donors (Lipinski definition) is 1. The van der Waals surface area contributed by atoms with Gasteiger partial charge < -0.3 is 4.90 Å². The Bertz CT molecular complexity index is 1020. The van der Waals surface area contributed by atoms with Gasteiger partial charge in [-0.1, -0.05) is 29.3 Å². The van der Waals surface area contributed by atoms with Crippen LogP contribution in [0.25, 0.3) is 11.4 Å². The molecule has 1 atom stereocenters. The molecule has 1 N–H and O–H groups in total. The summed E-state index contributed by atoms with van der Waals surface area (Å²) >= 11 is 12.3. The summed E-state index contributed by atoms with van der Waals surface area (Å²) in [6, 6.07) is 6.94. The molecule has 0 fully saturated rings. The van der Waals surface area contributed by atoms with E-state index in [0.717, 1.165) is 22.6 Å². The van der Waals surface area contributed by atoms with Gasteiger partial charge in [0.05, 0.1) is 39.2 Å². The van der Waals surface area contributed by atoms with Crippen LogP contribution in [0.15, 0.2) is 30.5 Å². The third-order valence-electron chi connectivity index (χ3n) is 4.75. The second-order valence-corrected chi connectivity index (χ2v) is 7.39.